The molecule has 0 aliphatic rings. The fourth-order valence-electron chi connectivity index (χ4n) is 1.76. The van der Waals surface area contributed by atoms with Gasteiger partial charge in [0.05, 0.1) is 11.5 Å². The summed E-state index contributed by atoms with van der Waals surface area (Å²) in [4.78, 5) is 0. The van der Waals surface area contributed by atoms with E-state index >= 15 is 0 Å². The molecule has 0 atom stereocenters. The van der Waals surface area contributed by atoms with Gasteiger partial charge < -0.3 is 0 Å². The summed E-state index contributed by atoms with van der Waals surface area (Å²) in [5.74, 6) is -1.45. The van der Waals surface area contributed by atoms with E-state index in [1.807, 2.05) is 0 Å². The highest BCUT2D eigenvalue weighted by molar-refractivity contribution is 7.89. The average Bonchev–Trinajstić information content (AvgIpc) is 2.35. The number of hydrogen-bond acceptors (Lipinski definition) is 2. The molecule has 0 saturated carbocycles. The summed E-state index contributed by atoms with van der Waals surface area (Å²) < 4.78 is 49.7. The second-order valence-electron chi connectivity index (χ2n) is 4.39. The van der Waals surface area contributed by atoms with Gasteiger partial charge in [-0.2, -0.15) is 0 Å². The lowest BCUT2D eigenvalue weighted by atomic mass is 10.2. The Kier molecular flexibility index (Phi) is 4.40. The molecule has 6 heteroatoms. The van der Waals surface area contributed by atoms with E-state index in [9.17, 15) is 17.2 Å². The van der Waals surface area contributed by atoms with Crippen molar-refractivity contribution >= 4 is 21.4 Å². The van der Waals surface area contributed by atoms with E-state index < -0.39 is 21.5 Å². The molecular formula is C14H11ClF2O2S. The largest absolute Gasteiger partial charge is 0.228 e. The molecule has 106 valence electrons. The van der Waals surface area contributed by atoms with Crippen LogP contribution in [0.15, 0.2) is 42.5 Å². The molecule has 2 aromatic carbocycles. The first-order chi connectivity index (χ1) is 9.35. The minimum absolute atomic E-state index is 0.0766. The van der Waals surface area contributed by atoms with Crippen LogP contribution in [0.4, 0.5) is 8.78 Å². The Hall–Kier alpha value is -1.46. The van der Waals surface area contributed by atoms with Crippen molar-refractivity contribution in [2.24, 2.45) is 0 Å². The van der Waals surface area contributed by atoms with Gasteiger partial charge in [-0.3, -0.25) is 0 Å². The lowest BCUT2D eigenvalue weighted by Gasteiger charge is -2.07. The first kappa shape index (κ1) is 14.9. The number of rotatable bonds is 4. The van der Waals surface area contributed by atoms with Crippen LogP contribution in [0.2, 0.25) is 5.02 Å². The van der Waals surface area contributed by atoms with Gasteiger partial charge in [-0.15, -0.1) is 0 Å². The molecule has 0 bridgehead atoms. The van der Waals surface area contributed by atoms with Gasteiger partial charge in [0.2, 0.25) is 0 Å². The van der Waals surface area contributed by atoms with E-state index in [0.29, 0.717) is 11.1 Å². The third-order valence-corrected chi connectivity index (χ3v) is 4.57. The van der Waals surface area contributed by atoms with Gasteiger partial charge in [0.25, 0.3) is 0 Å². The molecule has 2 nitrogen and oxygen atoms in total. The Balaban J connectivity index is 2.17. The Labute approximate surface area is 120 Å². The van der Waals surface area contributed by atoms with E-state index in [4.69, 9.17) is 11.6 Å². The summed E-state index contributed by atoms with van der Waals surface area (Å²) in [6.45, 7) is 0. The van der Waals surface area contributed by atoms with Gasteiger partial charge in [0.1, 0.15) is 11.6 Å². The van der Waals surface area contributed by atoms with Crippen LogP contribution < -0.4 is 0 Å². The number of halogens is 3. The minimum Gasteiger partial charge on any atom is -0.228 e. The molecule has 0 spiro atoms. The Morgan fingerprint density at radius 2 is 1.50 bits per heavy atom. The molecule has 0 saturated heterocycles. The highest BCUT2D eigenvalue weighted by Crippen LogP contribution is 2.21. The topological polar surface area (TPSA) is 34.1 Å². The third kappa shape index (κ3) is 4.02. The van der Waals surface area contributed by atoms with Crippen molar-refractivity contribution in [3.8, 4) is 0 Å². The van der Waals surface area contributed by atoms with Gasteiger partial charge in [-0.25, -0.2) is 17.2 Å². The van der Waals surface area contributed by atoms with Crippen LogP contribution >= 0.6 is 11.6 Å². The molecule has 0 radical (unpaired) electrons. The second-order valence-corrected chi connectivity index (χ2v) is 6.87. The van der Waals surface area contributed by atoms with Crippen molar-refractivity contribution in [1.29, 1.82) is 0 Å². The monoisotopic (exact) mass is 316 g/mol. The van der Waals surface area contributed by atoms with Crippen molar-refractivity contribution in [3.05, 3.63) is 70.2 Å². The zero-order valence-corrected chi connectivity index (χ0v) is 11.9. The lowest BCUT2D eigenvalue weighted by molar-refractivity contribution is 0.593. The van der Waals surface area contributed by atoms with Crippen molar-refractivity contribution < 1.29 is 17.2 Å². The molecule has 0 aliphatic heterocycles. The van der Waals surface area contributed by atoms with E-state index in [0.717, 1.165) is 12.1 Å². The summed E-state index contributed by atoms with van der Waals surface area (Å²) in [7, 11) is -3.47. The lowest BCUT2D eigenvalue weighted by Crippen LogP contribution is -2.08. The van der Waals surface area contributed by atoms with Gasteiger partial charge in [-0.05, 0) is 35.4 Å². The van der Waals surface area contributed by atoms with Crippen LogP contribution in [0.5, 0.6) is 0 Å². The van der Waals surface area contributed by atoms with Gasteiger partial charge >= 0.3 is 0 Å². The van der Waals surface area contributed by atoms with Gasteiger partial charge in [0, 0.05) is 5.02 Å². The average molecular weight is 317 g/mol. The summed E-state index contributed by atoms with van der Waals surface area (Å²) >= 11 is 5.81. The fourth-order valence-corrected chi connectivity index (χ4v) is 3.60. The van der Waals surface area contributed by atoms with Crippen LogP contribution in [0, 0.1) is 11.6 Å². The molecule has 2 aromatic rings. The maximum atomic E-state index is 12.9. The van der Waals surface area contributed by atoms with Gasteiger partial charge in [0.15, 0.2) is 9.84 Å². The van der Waals surface area contributed by atoms with E-state index in [2.05, 4.69) is 0 Å². The molecule has 0 amide bonds. The number of benzene rings is 2. The third-order valence-electron chi connectivity index (χ3n) is 2.69. The zero-order chi connectivity index (χ0) is 14.8. The molecule has 20 heavy (non-hydrogen) atoms. The maximum Gasteiger partial charge on any atom is 0.158 e. The Bertz CT molecular complexity index is 712. The molecule has 0 aromatic heterocycles. The first-order valence-corrected chi connectivity index (χ1v) is 7.94. The summed E-state index contributed by atoms with van der Waals surface area (Å²) in [6.07, 6.45) is 0. The molecule has 2 rings (SSSR count). The number of sulfone groups is 1. The van der Waals surface area contributed by atoms with Crippen molar-refractivity contribution in [2.75, 3.05) is 0 Å². The molecule has 0 unspecified atom stereocenters. The predicted octanol–water partition coefficient (Wildman–Crippen LogP) is 3.73. The van der Waals surface area contributed by atoms with Crippen LogP contribution in [0.3, 0.4) is 0 Å². The van der Waals surface area contributed by atoms with Crippen LogP contribution in [0.1, 0.15) is 11.1 Å². The normalized spacial score (nSPS) is 11.6. The molecular weight excluding hydrogens is 306 g/mol. The van der Waals surface area contributed by atoms with Crippen molar-refractivity contribution in [2.45, 2.75) is 11.5 Å². The van der Waals surface area contributed by atoms with Crippen LogP contribution in [-0.2, 0) is 21.3 Å². The molecule has 0 heterocycles. The van der Waals surface area contributed by atoms with Crippen molar-refractivity contribution in [3.63, 3.8) is 0 Å². The maximum absolute atomic E-state index is 12.9. The Morgan fingerprint density at radius 1 is 0.900 bits per heavy atom. The first-order valence-electron chi connectivity index (χ1n) is 5.74. The van der Waals surface area contributed by atoms with E-state index in [1.165, 1.54) is 30.3 Å². The minimum atomic E-state index is -3.47. The van der Waals surface area contributed by atoms with Gasteiger partial charge in [-0.1, -0.05) is 29.8 Å². The van der Waals surface area contributed by atoms with Crippen molar-refractivity contribution in [1.82, 2.24) is 0 Å². The molecule has 0 N–H and O–H groups in total. The molecule has 0 fully saturated rings. The fraction of sp³-hybridized carbons (Fsp3) is 0.143. The molecule has 0 aliphatic carbocycles. The Morgan fingerprint density at radius 3 is 2.10 bits per heavy atom. The van der Waals surface area contributed by atoms with E-state index in [1.54, 1.807) is 0 Å². The summed E-state index contributed by atoms with van der Waals surface area (Å²) in [5, 5.41) is 0.0766. The zero-order valence-electron chi connectivity index (χ0n) is 10.3. The summed E-state index contributed by atoms with van der Waals surface area (Å²) in [5.41, 5.74) is 0.833. The highest BCUT2D eigenvalue weighted by Gasteiger charge is 2.15. The second kappa shape index (κ2) is 5.89. The van der Waals surface area contributed by atoms with Crippen LogP contribution in [0.25, 0.3) is 0 Å². The quantitative estimate of drug-likeness (QED) is 0.861. The van der Waals surface area contributed by atoms with E-state index in [-0.39, 0.29) is 16.5 Å². The highest BCUT2D eigenvalue weighted by atomic mass is 35.5. The SMILES string of the molecule is O=S(=O)(Cc1ccc(F)cc1)Cc1ccc(F)cc1Cl. The summed E-state index contributed by atoms with van der Waals surface area (Å²) in [6, 6.07) is 8.82. The smallest absolute Gasteiger partial charge is 0.158 e. The predicted molar refractivity (Wildman–Crippen MR) is 74.1 cm³/mol. The van der Waals surface area contributed by atoms with Crippen LogP contribution in [-0.4, -0.2) is 8.42 Å². The number of hydrogen-bond donors (Lipinski definition) is 0. The standard InChI is InChI=1S/C14H11ClF2O2S/c15-14-7-13(17)6-3-11(14)9-20(18,19)8-10-1-4-12(16)5-2-10/h1-7H,8-9H2.